The van der Waals surface area contributed by atoms with Crippen LogP contribution < -0.4 is 5.01 Å². The second-order valence-electron chi connectivity index (χ2n) is 4.64. The summed E-state index contributed by atoms with van der Waals surface area (Å²) in [5, 5.41) is 1.51. The van der Waals surface area contributed by atoms with Gasteiger partial charge in [-0.3, -0.25) is 0 Å². The average Bonchev–Trinajstić information content (AvgIpc) is 2.66. The zero-order chi connectivity index (χ0) is 14.4. The van der Waals surface area contributed by atoms with Crippen molar-refractivity contribution in [3.63, 3.8) is 0 Å². The molecule has 1 heterocycles. The van der Waals surface area contributed by atoms with E-state index in [1.807, 2.05) is 36.8 Å². The Hall–Kier alpha value is -1.27. The topological polar surface area (TPSA) is 55.2 Å². The van der Waals surface area contributed by atoms with Gasteiger partial charge in [0.1, 0.15) is 11.3 Å². The van der Waals surface area contributed by atoms with Crippen molar-refractivity contribution in [1.82, 2.24) is 9.66 Å². The fraction of sp³-hybridized carbons (Fsp3) is 0.417. The van der Waals surface area contributed by atoms with Gasteiger partial charge in [0.25, 0.3) is 0 Å². The van der Waals surface area contributed by atoms with E-state index in [9.17, 15) is 8.42 Å². The lowest BCUT2D eigenvalue weighted by Crippen LogP contribution is -2.27. The van der Waals surface area contributed by atoms with Gasteiger partial charge in [-0.15, -0.1) is 11.6 Å². The minimum absolute atomic E-state index is 0.226. The van der Waals surface area contributed by atoms with Crippen molar-refractivity contribution in [2.24, 2.45) is 0 Å². The highest BCUT2D eigenvalue weighted by Gasteiger charge is 2.21. The molecule has 0 aliphatic heterocycles. The molecule has 5 nitrogen and oxygen atoms in total. The molecule has 0 saturated carbocycles. The Morgan fingerprint density at radius 1 is 1.37 bits per heavy atom. The molecule has 104 valence electrons. The van der Waals surface area contributed by atoms with E-state index in [4.69, 9.17) is 11.6 Å². The van der Waals surface area contributed by atoms with Gasteiger partial charge in [-0.1, -0.05) is 6.07 Å². The smallest absolute Gasteiger partial charge is 0.177 e. The van der Waals surface area contributed by atoms with Crippen LogP contribution in [0.3, 0.4) is 0 Å². The van der Waals surface area contributed by atoms with Gasteiger partial charge >= 0.3 is 0 Å². The first-order chi connectivity index (χ1) is 8.73. The van der Waals surface area contributed by atoms with E-state index in [0.29, 0.717) is 11.3 Å². The van der Waals surface area contributed by atoms with E-state index in [1.165, 1.54) is 6.26 Å². The quantitative estimate of drug-likeness (QED) is 0.813. The van der Waals surface area contributed by atoms with Crippen molar-refractivity contribution in [3.8, 4) is 0 Å². The SMILES string of the molecule is CC(Cl)c1nc2c(S(C)(=O)=O)cccc2n1N(C)C. The van der Waals surface area contributed by atoms with E-state index >= 15 is 0 Å². The maximum Gasteiger partial charge on any atom is 0.177 e. The number of para-hydroxylation sites is 1. The molecule has 0 amide bonds. The summed E-state index contributed by atoms with van der Waals surface area (Å²) in [6, 6.07) is 5.11. The Morgan fingerprint density at radius 2 is 2.00 bits per heavy atom. The number of rotatable bonds is 3. The molecule has 0 bridgehead atoms. The molecule has 1 atom stereocenters. The van der Waals surface area contributed by atoms with Crippen LogP contribution >= 0.6 is 11.6 Å². The lowest BCUT2D eigenvalue weighted by molar-refractivity contribution is 0.602. The summed E-state index contributed by atoms with van der Waals surface area (Å²) in [7, 11) is 0.395. The van der Waals surface area contributed by atoms with Crippen LogP contribution in [0.1, 0.15) is 18.1 Å². The van der Waals surface area contributed by atoms with Gasteiger partial charge in [0.05, 0.1) is 15.8 Å². The van der Waals surface area contributed by atoms with Crippen LogP contribution in [-0.4, -0.2) is 38.4 Å². The van der Waals surface area contributed by atoms with Crippen LogP contribution in [0.2, 0.25) is 0 Å². The number of benzene rings is 1. The van der Waals surface area contributed by atoms with E-state index in [2.05, 4.69) is 4.98 Å². The third-order valence-corrected chi connectivity index (χ3v) is 4.13. The predicted molar refractivity (Wildman–Crippen MR) is 77.2 cm³/mol. The summed E-state index contributed by atoms with van der Waals surface area (Å²) < 4.78 is 25.4. The first-order valence-corrected chi connectivity index (χ1v) is 8.09. The molecule has 7 heteroatoms. The minimum atomic E-state index is -3.32. The number of aromatic nitrogens is 2. The van der Waals surface area contributed by atoms with E-state index < -0.39 is 9.84 Å². The molecule has 1 aromatic heterocycles. The molecule has 0 N–H and O–H groups in total. The number of fused-ring (bicyclic) bond motifs is 1. The molecule has 2 aromatic rings. The third-order valence-electron chi connectivity index (χ3n) is 2.80. The van der Waals surface area contributed by atoms with Gasteiger partial charge in [0.15, 0.2) is 9.84 Å². The number of hydrogen-bond donors (Lipinski definition) is 0. The highest BCUT2D eigenvalue weighted by atomic mass is 35.5. The summed E-state index contributed by atoms with van der Waals surface area (Å²) in [5.41, 5.74) is 1.19. The van der Waals surface area contributed by atoms with E-state index in [-0.39, 0.29) is 10.3 Å². The molecule has 1 aromatic carbocycles. The molecular formula is C12H16ClN3O2S. The highest BCUT2D eigenvalue weighted by Crippen LogP contribution is 2.28. The van der Waals surface area contributed by atoms with Crippen LogP contribution in [0.5, 0.6) is 0 Å². The van der Waals surface area contributed by atoms with E-state index in [1.54, 1.807) is 12.1 Å². The molecule has 0 radical (unpaired) electrons. The molecule has 0 aliphatic carbocycles. The summed E-state index contributed by atoms with van der Waals surface area (Å²) in [6.45, 7) is 1.81. The molecule has 0 aliphatic rings. The lowest BCUT2D eigenvalue weighted by Gasteiger charge is -2.19. The van der Waals surface area contributed by atoms with Crippen LogP contribution in [0.15, 0.2) is 23.1 Å². The van der Waals surface area contributed by atoms with Gasteiger partial charge in [-0.2, -0.15) is 0 Å². The first kappa shape index (κ1) is 14.1. The summed E-state index contributed by atoms with van der Waals surface area (Å²) in [6.07, 6.45) is 1.18. The number of hydrogen-bond acceptors (Lipinski definition) is 4. The third kappa shape index (κ3) is 2.42. The highest BCUT2D eigenvalue weighted by molar-refractivity contribution is 7.91. The molecule has 0 saturated heterocycles. The number of sulfone groups is 1. The van der Waals surface area contributed by atoms with Crippen molar-refractivity contribution in [1.29, 1.82) is 0 Å². The van der Waals surface area contributed by atoms with Crippen molar-refractivity contribution in [2.75, 3.05) is 25.4 Å². The zero-order valence-corrected chi connectivity index (χ0v) is 12.8. The van der Waals surface area contributed by atoms with Gasteiger partial charge in [-0.25, -0.2) is 18.1 Å². The minimum Gasteiger partial charge on any atom is -0.317 e. The van der Waals surface area contributed by atoms with Gasteiger partial charge < -0.3 is 5.01 Å². The Bertz CT molecular complexity index is 720. The van der Waals surface area contributed by atoms with Crippen LogP contribution in [-0.2, 0) is 9.84 Å². The van der Waals surface area contributed by atoms with E-state index in [0.717, 1.165) is 5.52 Å². The fourth-order valence-electron chi connectivity index (χ4n) is 2.06. The second-order valence-corrected chi connectivity index (χ2v) is 7.28. The first-order valence-electron chi connectivity index (χ1n) is 5.76. The number of imidazole rings is 1. The van der Waals surface area contributed by atoms with Gasteiger partial charge in [0.2, 0.25) is 0 Å². The van der Waals surface area contributed by atoms with Crippen molar-refractivity contribution < 1.29 is 8.42 Å². The zero-order valence-electron chi connectivity index (χ0n) is 11.3. The standard InChI is InChI=1S/C12H16ClN3O2S/c1-8(13)12-14-11-9(16(12)15(2)3)6-5-7-10(11)19(4,17)18/h5-8H,1-4H3. The summed E-state index contributed by atoms with van der Waals surface area (Å²) in [5.74, 6) is 0.623. The molecule has 1 unspecified atom stereocenters. The fourth-order valence-corrected chi connectivity index (χ4v) is 3.02. The Kier molecular flexibility index (Phi) is 3.49. The Morgan fingerprint density at radius 3 is 2.47 bits per heavy atom. The normalized spacial score (nSPS) is 13.7. The average molecular weight is 302 g/mol. The Labute approximate surface area is 117 Å². The maximum atomic E-state index is 11.8. The lowest BCUT2D eigenvalue weighted by atomic mass is 10.3. The van der Waals surface area contributed by atoms with Crippen LogP contribution in [0, 0.1) is 0 Å². The maximum absolute atomic E-state index is 11.8. The number of nitrogens with zero attached hydrogens (tertiary/aromatic N) is 3. The number of halogens is 1. The van der Waals surface area contributed by atoms with Gasteiger partial charge in [-0.05, 0) is 19.1 Å². The monoisotopic (exact) mass is 301 g/mol. The molecule has 0 fully saturated rings. The summed E-state index contributed by atoms with van der Waals surface area (Å²) >= 11 is 6.13. The molecule has 2 rings (SSSR count). The van der Waals surface area contributed by atoms with Gasteiger partial charge in [0, 0.05) is 20.4 Å². The second kappa shape index (κ2) is 4.68. The molecule has 0 spiro atoms. The summed E-state index contributed by atoms with van der Waals surface area (Å²) in [4.78, 5) is 4.64. The van der Waals surface area contributed by atoms with Crippen molar-refractivity contribution in [2.45, 2.75) is 17.2 Å². The van der Waals surface area contributed by atoms with Crippen LogP contribution in [0.25, 0.3) is 11.0 Å². The Balaban J connectivity index is 2.91. The molecular weight excluding hydrogens is 286 g/mol. The van der Waals surface area contributed by atoms with Crippen LogP contribution in [0.4, 0.5) is 0 Å². The van der Waals surface area contributed by atoms with Crippen molar-refractivity contribution in [3.05, 3.63) is 24.0 Å². The number of alkyl halides is 1. The predicted octanol–water partition coefficient (Wildman–Crippen LogP) is 1.94. The molecule has 19 heavy (non-hydrogen) atoms. The van der Waals surface area contributed by atoms with Crippen molar-refractivity contribution >= 4 is 32.5 Å². The largest absolute Gasteiger partial charge is 0.317 e.